The Morgan fingerprint density at radius 3 is 2.21 bits per heavy atom. The van der Waals surface area contributed by atoms with Crippen molar-refractivity contribution in [1.29, 1.82) is 0 Å². The first-order valence-electron chi connectivity index (χ1n) is 8.47. The van der Waals surface area contributed by atoms with Crippen LogP contribution in [0.3, 0.4) is 0 Å². The molecule has 1 N–H and O–H groups in total. The van der Waals surface area contributed by atoms with Gasteiger partial charge in [0.25, 0.3) is 0 Å². The number of esters is 1. The minimum Gasteiger partial charge on any atom is -0.495 e. The van der Waals surface area contributed by atoms with Gasteiger partial charge in [0.05, 0.1) is 26.7 Å². The van der Waals surface area contributed by atoms with Crippen molar-refractivity contribution in [3.05, 3.63) is 47.9 Å². The van der Waals surface area contributed by atoms with Gasteiger partial charge >= 0.3 is 5.97 Å². The van der Waals surface area contributed by atoms with Gasteiger partial charge in [-0.05, 0) is 90.2 Å². The van der Waals surface area contributed by atoms with Crippen LogP contribution in [0.15, 0.2) is 33.2 Å². The zero-order valence-corrected chi connectivity index (χ0v) is 21.2. The summed E-state index contributed by atoms with van der Waals surface area (Å²) >= 11 is 9.26. The van der Waals surface area contributed by atoms with Crippen molar-refractivity contribution in [2.24, 2.45) is 0 Å². The van der Waals surface area contributed by atoms with Crippen LogP contribution in [0, 0.1) is 3.57 Å². The number of carbonyl (C=O) groups is 1. The normalized spacial score (nSPS) is 12.0. The lowest BCUT2D eigenvalue weighted by atomic mass is 10.0. The second kappa shape index (κ2) is 10.3. The Balaban J connectivity index is 2.33. The summed E-state index contributed by atoms with van der Waals surface area (Å²) < 4.78 is 18.6. The van der Waals surface area contributed by atoms with E-state index in [2.05, 4.69) is 73.0 Å². The Hall–Kier alpha value is -0.840. The van der Waals surface area contributed by atoms with E-state index >= 15 is 0 Å². The molecule has 0 bridgehead atoms. The predicted molar refractivity (Wildman–Crippen MR) is 123 cm³/mol. The van der Waals surface area contributed by atoms with Crippen LogP contribution < -0.4 is 9.47 Å². The molecular weight excluding hydrogens is 607 g/mol. The molecule has 0 saturated heterocycles. The first-order chi connectivity index (χ1) is 13.2. The largest absolute Gasteiger partial charge is 0.495 e. The average molecular weight is 628 g/mol. The third-order valence-electron chi connectivity index (χ3n) is 4.05. The summed E-state index contributed by atoms with van der Waals surface area (Å²) in [6.45, 7) is 4.20. The van der Waals surface area contributed by atoms with Gasteiger partial charge in [0.2, 0.25) is 0 Å². The molecule has 0 aliphatic carbocycles. The van der Waals surface area contributed by atoms with Crippen molar-refractivity contribution in [3.8, 4) is 17.2 Å². The van der Waals surface area contributed by atoms with E-state index in [-0.39, 0.29) is 12.3 Å². The standard InChI is InChI=1S/C20H21Br2IO5/c1-10(2)13-8-12(9-16(23)18(13)26-3)28-19-14(21)5-11(6-15(19)22)7-17(24)20(25)27-4/h5-6,8-10,17,24H,7H2,1-4H3. The summed E-state index contributed by atoms with van der Waals surface area (Å²) in [4.78, 5) is 11.4. The first kappa shape index (κ1) is 23.4. The summed E-state index contributed by atoms with van der Waals surface area (Å²) in [5.74, 6) is 1.76. The Kier molecular flexibility index (Phi) is 8.60. The molecule has 0 spiro atoms. The number of ether oxygens (including phenoxy) is 3. The zero-order chi connectivity index (χ0) is 21.0. The summed E-state index contributed by atoms with van der Waals surface area (Å²) in [5, 5.41) is 9.87. The van der Waals surface area contributed by atoms with Gasteiger partial charge in [-0.15, -0.1) is 0 Å². The average Bonchev–Trinajstić information content (AvgIpc) is 2.63. The number of hydrogen-bond donors (Lipinski definition) is 1. The highest BCUT2D eigenvalue weighted by atomic mass is 127. The highest BCUT2D eigenvalue weighted by Crippen LogP contribution is 2.41. The number of methoxy groups -OCH3 is 2. The second-order valence-corrected chi connectivity index (χ2v) is 9.29. The minimum absolute atomic E-state index is 0.141. The van der Waals surface area contributed by atoms with E-state index in [9.17, 15) is 9.90 Å². The molecule has 0 aliphatic rings. The van der Waals surface area contributed by atoms with Crippen molar-refractivity contribution >= 4 is 60.4 Å². The molecule has 1 unspecified atom stereocenters. The van der Waals surface area contributed by atoms with E-state index in [4.69, 9.17) is 9.47 Å². The van der Waals surface area contributed by atoms with Gasteiger partial charge in [0.15, 0.2) is 11.9 Å². The fourth-order valence-corrected chi connectivity index (χ4v) is 4.96. The van der Waals surface area contributed by atoms with Crippen LogP contribution >= 0.6 is 54.5 Å². The lowest BCUT2D eigenvalue weighted by Crippen LogP contribution is -2.24. The van der Waals surface area contributed by atoms with Gasteiger partial charge in [-0.1, -0.05) is 13.8 Å². The highest BCUT2D eigenvalue weighted by Gasteiger charge is 2.19. The molecular formula is C20H21Br2IO5. The van der Waals surface area contributed by atoms with E-state index in [1.807, 2.05) is 24.3 Å². The van der Waals surface area contributed by atoms with E-state index < -0.39 is 12.1 Å². The third-order valence-corrected chi connectivity index (χ3v) is 6.03. The second-order valence-electron chi connectivity index (χ2n) is 6.42. The molecule has 1 atom stereocenters. The zero-order valence-electron chi connectivity index (χ0n) is 15.9. The number of aliphatic hydroxyl groups is 1. The molecule has 8 heteroatoms. The topological polar surface area (TPSA) is 65.0 Å². The predicted octanol–water partition coefficient (Wildman–Crippen LogP) is 5.82. The van der Waals surface area contributed by atoms with Crippen LogP contribution in [0.1, 0.15) is 30.9 Å². The van der Waals surface area contributed by atoms with Gasteiger partial charge in [0.1, 0.15) is 11.5 Å². The number of hydrogen-bond acceptors (Lipinski definition) is 5. The lowest BCUT2D eigenvalue weighted by molar-refractivity contribution is -0.150. The molecule has 0 amide bonds. The van der Waals surface area contributed by atoms with E-state index in [1.165, 1.54) is 7.11 Å². The van der Waals surface area contributed by atoms with Crippen molar-refractivity contribution in [2.45, 2.75) is 32.3 Å². The summed E-state index contributed by atoms with van der Waals surface area (Å²) in [7, 11) is 2.91. The Bertz CT molecular complexity index is 847. The quantitative estimate of drug-likeness (QED) is 0.310. The monoisotopic (exact) mass is 626 g/mol. The van der Waals surface area contributed by atoms with E-state index in [0.717, 1.165) is 20.4 Å². The van der Waals surface area contributed by atoms with Crippen molar-refractivity contribution in [3.63, 3.8) is 0 Å². The molecule has 2 aromatic rings. The molecule has 2 aromatic carbocycles. The molecule has 0 saturated carbocycles. The fourth-order valence-electron chi connectivity index (χ4n) is 2.68. The molecule has 0 heterocycles. The van der Waals surface area contributed by atoms with Crippen LogP contribution in [0.5, 0.6) is 17.2 Å². The smallest absolute Gasteiger partial charge is 0.335 e. The lowest BCUT2D eigenvalue weighted by Gasteiger charge is -2.17. The maximum atomic E-state index is 11.4. The van der Waals surface area contributed by atoms with E-state index in [0.29, 0.717) is 20.4 Å². The van der Waals surface area contributed by atoms with Crippen LogP contribution in [-0.2, 0) is 16.0 Å². The third kappa shape index (κ3) is 5.61. The minimum atomic E-state index is -1.22. The maximum absolute atomic E-state index is 11.4. The van der Waals surface area contributed by atoms with Crippen molar-refractivity contribution in [2.75, 3.05) is 14.2 Å². The van der Waals surface area contributed by atoms with Crippen LogP contribution in [-0.4, -0.2) is 31.4 Å². The summed E-state index contributed by atoms with van der Waals surface area (Å²) in [5.41, 5.74) is 1.82. The maximum Gasteiger partial charge on any atom is 0.335 e. The van der Waals surface area contributed by atoms with Gasteiger partial charge in [-0.3, -0.25) is 0 Å². The number of halogens is 3. The van der Waals surface area contributed by atoms with Crippen molar-refractivity contribution < 1.29 is 24.1 Å². The van der Waals surface area contributed by atoms with Gasteiger partial charge in [-0.2, -0.15) is 0 Å². The van der Waals surface area contributed by atoms with Crippen molar-refractivity contribution in [1.82, 2.24) is 0 Å². The molecule has 28 heavy (non-hydrogen) atoms. The molecule has 0 aliphatic heterocycles. The number of rotatable bonds is 7. The van der Waals surface area contributed by atoms with Crippen LogP contribution in [0.2, 0.25) is 0 Å². The molecule has 0 aromatic heterocycles. The Morgan fingerprint density at radius 1 is 1.11 bits per heavy atom. The SMILES string of the molecule is COC(=O)C(O)Cc1cc(Br)c(Oc2cc(I)c(OC)c(C(C)C)c2)c(Br)c1. The molecule has 0 fully saturated rings. The highest BCUT2D eigenvalue weighted by molar-refractivity contribution is 14.1. The summed E-state index contributed by atoms with van der Waals surface area (Å²) in [6, 6.07) is 7.51. The molecule has 2 rings (SSSR count). The Labute approximate surface area is 195 Å². The van der Waals surface area contributed by atoms with Gasteiger partial charge in [0, 0.05) is 12.0 Å². The molecule has 152 valence electrons. The fraction of sp³-hybridized carbons (Fsp3) is 0.350. The van der Waals surface area contributed by atoms with Gasteiger partial charge < -0.3 is 19.3 Å². The molecule has 5 nitrogen and oxygen atoms in total. The van der Waals surface area contributed by atoms with Gasteiger partial charge in [-0.25, -0.2) is 4.79 Å². The number of aliphatic hydroxyl groups excluding tert-OH is 1. The Morgan fingerprint density at radius 2 is 1.71 bits per heavy atom. The van der Waals surface area contributed by atoms with Crippen LogP contribution in [0.25, 0.3) is 0 Å². The van der Waals surface area contributed by atoms with Crippen LogP contribution in [0.4, 0.5) is 0 Å². The van der Waals surface area contributed by atoms with E-state index in [1.54, 1.807) is 7.11 Å². The summed E-state index contributed by atoms with van der Waals surface area (Å²) in [6.07, 6.45) is -1.07. The number of carbonyl (C=O) groups excluding carboxylic acids is 1. The molecule has 0 radical (unpaired) electrons. The number of benzene rings is 2. The first-order valence-corrected chi connectivity index (χ1v) is 11.1.